The van der Waals surface area contributed by atoms with E-state index in [-0.39, 0.29) is 17.5 Å². The lowest BCUT2D eigenvalue weighted by molar-refractivity contribution is -0.235. The summed E-state index contributed by atoms with van der Waals surface area (Å²) in [4.78, 5) is 13.6. The lowest BCUT2D eigenvalue weighted by Gasteiger charge is -2.64. The molecule has 0 radical (unpaired) electrons. The largest absolute Gasteiger partial charge is 0.458 e. The van der Waals surface area contributed by atoms with Gasteiger partial charge in [0, 0.05) is 0 Å². The van der Waals surface area contributed by atoms with Gasteiger partial charge in [0.1, 0.15) is 5.60 Å². The molecule has 0 aromatic rings. The molecule has 0 aromatic heterocycles. The van der Waals surface area contributed by atoms with Crippen LogP contribution in [0.3, 0.4) is 0 Å². The van der Waals surface area contributed by atoms with Crippen LogP contribution in [0.15, 0.2) is 0 Å². The molecule has 2 heteroatoms. The number of carbonyl (C=O) groups is 1. The average Bonchev–Trinajstić information content (AvgIpc) is 2.98. The van der Waals surface area contributed by atoms with Gasteiger partial charge < -0.3 is 4.74 Å². The molecule has 0 aromatic carbocycles. The fourth-order valence-corrected chi connectivity index (χ4v) is 11.6. The second kappa shape index (κ2) is 5.02. The SMILES string of the molecule is CCC1CC(C)C2C1C13CC(C(=O)OC4(CC)C5CC6CC(C5)CC4C6)C21C3. The van der Waals surface area contributed by atoms with Gasteiger partial charge in [0.25, 0.3) is 0 Å². The molecule has 154 valence electrons. The monoisotopic (exact) mass is 382 g/mol. The van der Waals surface area contributed by atoms with Crippen molar-refractivity contribution in [3.05, 3.63) is 0 Å². The van der Waals surface area contributed by atoms with Gasteiger partial charge in [-0.1, -0.05) is 27.2 Å². The molecule has 7 unspecified atom stereocenters. The molecule has 2 nitrogen and oxygen atoms in total. The number of esters is 1. The first-order valence-corrected chi connectivity index (χ1v) is 12.7. The Kier molecular flexibility index (Phi) is 3.08. The number of ether oxygens (including phenoxy) is 1. The zero-order valence-electron chi connectivity index (χ0n) is 18.1. The van der Waals surface area contributed by atoms with Crippen molar-refractivity contribution in [3.8, 4) is 0 Å². The summed E-state index contributed by atoms with van der Waals surface area (Å²) >= 11 is 0. The van der Waals surface area contributed by atoms with Crippen LogP contribution >= 0.6 is 0 Å². The number of hydrogen-bond acceptors (Lipinski definition) is 2. The third kappa shape index (κ3) is 1.61. The van der Waals surface area contributed by atoms with Crippen LogP contribution in [0.4, 0.5) is 0 Å². The fraction of sp³-hybridized carbons (Fsp3) is 0.962. The average molecular weight is 383 g/mol. The predicted octanol–water partition coefficient (Wildman–Crippen LogP) is 5.84. The van der Waals surface area contributed by atoms with Gasteiger partial charge in [-0.3, -0.25) is 4.79 Å². The highest BCUT2D eigenvalue weighted by molar-refractivity contribution is 5.79. The van der Waals surface area contributed by atoms with Crippen LogP contribution < -0.4 is 0 Å². The smallest absolute Gasteiger partial charge is 0.310 e. The molecule has 8 fully saturated rings. The van der Waals surface area contributed by atoms with E-state index >= 15 is 0 Å². The summed E-state index contributed by atoms with van der Waals surface area (Å²) in [7, 11) is 0. The van der Waals surface area contributed by atoms with E-state index in [1.165, 1.54) is 57.8 Å². The quantitative estimate of drug-likeness (QED) is 0.571. The van der Waals surface area contributed by atoms with Crippen molar-refractivity contribution in [2.45, 2.75) is 90.6 Å². The van der Waals surface area contributed by atoms with Crippen LogP contribution in [-0.2, 0) is 9.53 Å². The summed E-state index contributed by atoms with van der Waals surface area (Å²) < 4.78 is 6.71. The molecule has 8 rings (SSSR count). The summed E-state index contributed by atoms with van der Waals surface area (Å²) in [5.74, 6) is 7.31. The maximum Gasteiger partial charge on any atom is 0.310 e. The third-order valence-electron chi connectivity index (χ3n) is 12.2. The fourth-order valence-electron chi connectivity index (χ4n) is 11.6. The van der Waals surface area contributed by atoms with Crippen molar-refractivity contribution in [2.75, 3.05) is 0 Å². The maximum absolute atomic E-state index is 13.6. The highest BCUT2D eigenvalue weighted by atomic mass is 16.6. The first kappa shape index (κ1) is 17.2. The highest BCUT2D eigenvalue weighted by Gasteiger charge is 2.95. The number of hydrogen-bond donors (Lipinski definition) is 0. The normalized spacial score (nSPS) is 64.3. The van der Waals surface area contributed by atoms with Gasteiger partial charge >= 0.3 is 5.97 Å². The molecule has 8 saturated carbocycles. The van der Waals surface area contributed by atoms with E-state index in [0.717, 1.165) is 41.9 Å². The van der Waals surface area contributed by atoms with E-state index in [4.69, 9.17) is 4.74 Å². The van der Waals surface area contributed by atoms with Gasteiger partial charge in [0.15, 0.2) is 0 Å². The van der Waals surface area contributed by atoms with Gasteiger partial charge in [0.05, 0.1) is 5.92 Å². The molecule has 28 heavy (non-hydrogen) atoms. The molecule has 4 bridgehead atoms. The summed E-state index contributed by atoms with van der Waals surface area (Å²) in [5.41, 5.74) is 0.903. The Bertz CT molecular complexity index is 713. The number of rotatable bonds is 4. The van der Waals surface area contributed by atoms with Crippen molar-refractivity contribution in [3.63, 3.8) is 0 Å². The minimum atomic E-state index is -0.0926. The van der Waals surface area contributed by atoms with Crippen molar-refractivity contribution in [1.82, 2.24) is 0 Å². The van der Waals surface area contributed by atoms with E-state index in [2.05, 4.69) is 20.8 Å². The molecule has 8 aliphatic carbocycles. The molecule has 7 atom stereocenters. The predicted molar refractivity (Wildman–Crippen MR) is 108 cm³/mol. The van der Waals surface area contributed by atoms with Crippen LogP contribution in [0.25, 0.3) is 0 Å². The Hall–Kier alpha value is -0.530. The summed E-state index contributed by atoms with van der Waals surface area (Å²) in [6.07, 6.45) is 13.2. The van der Waals surface area contributed by atoms with Crippen molar-refractivity contribution < 1.29 is 9.53 Å². The van der Waals surface area contributed by atoms with Crippen molar-refractivity contribution >= 4 is 5.97 Å². The molecule has 0 spiro atoms. The Morgan fingerprint density at radius 2 is 1.64 bits per heavy atom. The first-order valence-electron chi connectivity index (χ1n) is 12.7. The summed E-state index contributed by atoms with van der Waals surface area (Å²) in [6, 6.07) is 0. The molecule has 0 aliphatic heterocycles. The van der Waals surface area contributed by atoms with Crippen LogP contribution in [0.2, 0.25) is 0 Å². The Labute approximate surface area is 170 Å². The van der Waals surface area contributed by atoms with E-state index in [1.807, 2.05) is 0 Å². The molecular weight excluding hydrogens is 344 g/mol. The maximum atomic E-state index is 13.6. The van der Waals surface area contributed by atoms with Crippen LogP contribution in [0.1, 0.15) is 85.0 Å². The molecule has 0 heterocycles. The van der Waals surface area contributed by atoms with Gasteiger partial charge in [-0.2, -0.15) is 0 Å². The lowest BCUT2D eigenvalue weighted by atomic mass is 9.41. The number of carbonyl (C=O) groups excluding carboxylic acids is 1. The molecule has 0 amide bonds. The minimum Gasteiger partial charge on any atom is -0.458 e. The van der Waals surface area contributed by atoms with Gasteiger partial charge in [-0.25, -0.2) is 0 Å². The Balaban J connectivity index is 1.14. The minimum absolute atomic E-state index is 0.0926. The van der Waals surface area contributed by atoms with E-state index in [9.17, 15) is 4.79 Å². The number of fused-ring (bicyclic) bond motifs is 1. The zero-order valence-corrected chi connectivity index (χ0v) is 18.1. The third-order valence-corrected chi connectivity index (χ3v) is 12.2. The zero-order chi connectivity index (χ0) is 19.1. The van der Waals surface area contributed by atoms with Crippen LogP contribution in [-0.4, -0.2) is 11.6 Å². The molecule has 8 aliphatic rings. The van der Waals surface area contributed by atoms with E-state index in [0.29, 0.717) is 22.7 Å². The van der Waals surface area contributed by atoms with Crippen molar-refractivity contribution in [1.29, 1.82) is 0 Å². The Morgan fingerprint density at radius 1 is 0.964 bits per heavy atom. The van der Waals surface area contributed by atoms with Crippen LogP contribution in [0, 0.1) is 64.1 Å². The highest BCUT2D eigenvalue weighted by Crippen LogP contribution is 2.99. The summed E-state index contributed by atoms with van der Waals surface area (Å²) in [5, 5.41) is 0. The second-order valence-corrected chi connectivity index (χ2v) is 12.6. The van der Waals surface area contributed by atoms with Gasteiger partial charge in [-0.05, 0) is 116 Å². The van der Waals surface area contributed by atoms with Crippen LogP contribution in [0.5, 0.6) is 0 Å². The van der Waals surface area contributed by atoms with E-state index < -0.39 is 0 Å². The van der Waals surface area contributed by atoms with Gasteiger partial charge in [0.2, 0.25) is 0 Å². The van der Waals surface area contributed by atoms with E-state index in [1.54, 1.807) is 0 Å². The standard InChI is InChI=1S/C26H38O2/c1-4-17-6-14(3)21-22(17)24-12-20(25(21,24)13-24)23(27)28-26(5-2)18-8-15-7-16(10-18)11-19(26)9-15/h14-22H,4-13H2,1-3H3. The molecule has 0 saturated heterocycles. The summed E-state index contributed by atoms with van der Waals surface area (Å²) in [6.45, 7) is 7.18. The Morgan fingerprint density at radius 3 is 2.25 bits per heavy atom. The topological polar surface area (TPSA) is 26.3 Å². The van der Waals surface area contributed by atoms with Gasteiger partial charge in [-0.15, -0.1) is 0 Å². The second-order valence-electron chi connectivity index (χ2n) is 12.6. The van der Waals surface area contributed by atoms with Crippen molar-refractivity contribution in [2.24, 2.45) is 64.1 Å². The molecular formula is C26H38O2. The molecule has 0 N–H and O–H groups in total. The lowest BCUT2D eigenvalue weighted by Crippen LogP contribution is -2.64. The first-order chi connectivity index (χ1) is 13.5.